The van der Waals surface area contributed by atoms with Crippen LogP contribution in [0.3, 0.4) is 0 Å². The average Bonchev–Trinajstić information content (AvgIpc) is 1.59. The second-order valence-corrected chi connectivity index (χ2v) is 24.4. The van der Waals surface area contributed by atoms with Crippen LogP contribution >= 0.6 is 0 Å². The SMILES string of the molecule is CC1(C)COCC1n1c(Cc2cc(F)c(-c3ccc(F)c(OCc4ccc(C(F)(F)F)cc4F)n3)cc2F)nc2c(F)cc(C(=O)O)cc21.CC1(C)COCC1n1c(Cc2cc(F)c(-c3ccc(F)c(OCc4ccc(C(F)(F)F)cc4F)n3)cc2F)nc2c(F)cc(C(=O)O)cc21. The van der Waals surface area contributed by atoms with E-state index in [0.29, 0.717) is 25.3 Å². The second kappa shape index (κ2) is 26.4. The first-order valence-electron chi connectivity index (χ1n) is 29.4. The molecule has 4 aromatic heterocycles. The minimum Gasteiger partial charge on any atom is -0.478 e. The molecule has 30 heteroatoms. The topological polar surface area (TPSA) is 173 Å². The monoisotopic (exact) mass is 1380 g/mol. The Hall–Kier alpha value is -10.1. The maximum absolute atomic E-state index is 15.6. The van der Waals surface area contributed by atoms with Gasteiger partial charge in [-0.1, -0.05) is 39.8 Å². The number of aromatic carboxylic acids is 2. The molecule has 0 bridgehead atoms. The predicted octanol–water partition coefficient (Wildman–Crippen LogP) is 16.6. The summed E-state index contributed by atoms with van der Waals surface area (Å²) in [5.41, 5.74) is -6.54. The van der Waals surface area contributed by atoms with E-state index in [-0.39, 0.29) is 117 Å². The summed E-state index contributed by atoms with van der Waals surface area (Å²) in [6, 6.07) is 13.8. The number of imidazole rings is 2. The van der Waals surface area contributed by atoms with Gasteiger partial charge in [-0.3, -0.25) is 0 Å². The van der Waals surface area contributed by atoms with E-state index in [4.69, 9.17) is 18.9 Å². The highest BCUT2D eigenvalue weighted by Crippen LogP contribution is 2.44. The summed E-state index contributed by atoms with van der Waals surface area (Å²) in [4.78, 5) is 39.8. The van der Waals surface area contributed by atoms with E-state index in [2.05, 4.69) is 19.9 Å². The molecule has 0 amide bonds. The minimum atomic E-state index is -4.78. The third-order valence-electron chi connectivity index (χ3n) is 16.7. The minimum absolute atomic E-state index is 0.122. The fourth-order valence-corrected chi connectivity index (χ4v) is 11.5. The van der Waals surface area contributed by atoms with Gasteiger partial charge in [-0.15, -0.1) is 0 Å². The van der Waals surface area contributed by atoms with Gasteiger partial charge in [0.2, 0.25) is 0 Å². The number of carbonyl (C=O) groups is 2. The van der Waals surface area contributed by atoms with Crippen molar-refractivity contribution in [2.45, 2.75) is 78.2 Å². The van der Waals surface area contributed by atoms with Gasteiger partial charge in [-0.25, -0.2) is 73.4 Å². The summed E-state index contributed by atoms with van der Waals surface area (Å²) in [6.45, 7) is 7.12. The normalized spacial score (nSPS) is 16.0. The number of fused-ring (bicyclic) bond motifs is 2. The Bertz CT molecular complexity index is 4520. The summed E-state index contributed by atoms with van der Waals surface area (Å²) in [5, 5.41) is 19.0. The Morgan fingerprint density at radius 3 is 1.15 bits per heavy atom. The maximum atomic E-state index is 15.6. The molecule has 6 aromatic carbocycles. The van der Waals surface area contributed by atoms with Crippen molar-refractivity contribution in [3.63, 3.8) is 0 Å². The molecule has 0 radical (unpaired) electrons. The molecule has 6 heterocycles. The predicted molar refractivity (Wildman–Crippen MR) is 317 cm³/mol. The van der Waals surface area contributed by atoms with Crippen LogP contribution in [0.5, 0.6) is 11.8 Å². The standard InChI is InChI=1S/2C34H25F8N3O4/c2*1-33(2)15-48-14-28(33)45-27-9-18(32(46)47)8-25(39)30(27)44-29(45)10-17-7-24(38)20(12-23(17)37)26-6-5-21(35)31(43-26)49-13-16-3-4-19(11-22(16)36)34(40,41)42/h2*3-9,11-12,28H,10,13-15H2,1-2H3,(H,46,47). The van der Waals surface area contributed by atoms with Crippen LogP contribution in [0.25, 0.3) is 44.6 Å². The molecule has 2 aliphatic rings. The summed E-state index contributed by atoms with van der Waals surface area (Å²) >= 11 is 0. The lowest BCUT2D eigenvalue weighted by atomic mass is 9.87. The maximum Gasteiger partial charge on any atom is 0.416 e. The zero-order chi connectivity index (χ0) is 70.8. The molecule has 12 rings (SSSR count). The molecule has 10 aromatic rings. The molecular weight excluding hydrogens is 1330 g/mol. The summed E-state index contributed by atoms with van der Waals surface area (Å²) in [5.74, 6) is -14.2. The van der Waals surface area contributed by atoms with Crippen molar-refractivity contribution in [1.82, 2.24) is 29.1 Å². The van der Waals surface area contributed by atoms with Gasteiger partial charge in [0.15, 0.2) is 23.3 Å². The first-order chi connectivity index (χ1) is 46.1. The Morgan fingerprint density at radius 1 is 0.459 bits per heavy atom. The number of hydrogen-bond acceptors (Lipinski definition) is 10. The Morgan fingerprint density at radius 2 is 0.827 bits per heavy atom. The number of pyridine rings is 2. The van der Waals surface area contributed by atoms with Crippen LogP contribution in [0.4, 0.5) is 70.2 Å². The van der Waals surface area contributed by atoms with Crippen LogP contribution < -0.4 is 9.47 Å². The van der Waals surface area contributed by atoms with Crippen molar-refractivity contribution in [1.29, 1.82) is 0 Å². The Labute approximate surface area is 543 Å². The molecule has 0 aliphatic carbocycles. The van der Waals surface area contributed by atoms with Crippen molar-refractivity contribution < 1.29 is 109 Å². The van der Waals surface area contributed by atoms with Gasteiger partial charge in [-0.05, 0) is 108 Å². The molecule has 0 saturated carbocycles. The third kappa shape index (κ3) is 14.1. The Kier molecular flexibility index (Phi) is 18.6. The number of halogens is 16. The van der Waals surface area contributed by atoms with Gasteiger partial charge >= 0.3 is 24.3 Å². The van der Waals surface area contributed by atoms with Crippen molar-refractivity contribution >= 4 is 34.0 Å². The van der Waals surface area contributed by atoms with E-state index >= 15 is 26.3 Å². The first-order valence-corrected chi connectivity index (χ1v) is 29.4. The van der Waals surface area contributed by atoms with E-state index in [9.17, 15) is 63.7 Å². The number of hydrogen-bond donors (Lipinski definition) is 2. The highest BCUT2D eigenvalue weighted by atomic mass is 19.4. The van der Waals surface area contributed by atoms with Crippen molar-refractivity contribution in [2.24, 2.45) is 10.8 Å². The van der Waals surface area contributed by atoms with E-state index in [1.807, 2.05) is 27.7 Å². The van der Waals surface area contributed by atoms with Crippen LogP contribution in [0, 0.1) is 69.0 Å². The molecule has 2 saturated heterocycles. The third-order valence-corrected chi connectivity index (χ3v) is 16.7. The number of aromatic nitrogens is 6. The molecule has 2 N–H and O–H groups in total. The van der Waals surface area contributed by atoms with Gasteiger partial charge in [0.25, 0.3) is 11.8 Å². The number of nitrogens with zero attached hydrogens (tertiary/aromatic N) is 6. The molecule has 2 fully saturated rings. The summed E-state index contributed by atoms with van der Waals surface area (Å²) in [6.07, 6.45) is -10.2. The number of carboxylic acid groups (broad SMARTS) is 2. The van der Waals surface area contributed by atoms with Gasteiger partial charge in [0.05, 0.1) is 83.2 Å². The number of benzene rings is 6. The molecule has 98 heavy (non-hydrogen) atoms. The lowest BCUT2D eigenvalue weighted by Gasteiger charge is -2.28. The Balaban J connectivity index is 0.000000198. The number of ether oxygens (including phenoxy) is 4. The van der Waals surface area contributed by atoms with E-state index in [1.54, 1.807) is 9.13 Å². The first kappa shape index (κ1) is 69.3. The lowest BCUT2D eigenvalue weighted by molar-refractivity contribution is -0.138. The molecular formula is C68H50F16N6O8. The van der Waals surface area contributed by atoms with Crippen molar-refractivity contribution in [2.75, 3.05) is 26.4 Å². The zero-order valence-corrected chi connectivity index (χ0v) is 51.3. The van der Waals surface area contributed by atoms with Gasteiger partial charge in [0, 0.05) is 45.9 Å². The molecule has 0 spiro atoms. The molecule has 14 nitrogen and oxygen atoms in total. The highest BCUT2D eigenvalue weighted by Gasteiger charge is 2.42. The van der Waals surface area contributed by atoms with Gasteiger partial charge in [0.1, 0.15) is 70.8 Å². The van der Waals surface area contributed by atoms with E-state index < -0.39 is 153 Å². The lowest BCUT2D eigenvalue weighted by Crippen LogP contribution is -2.27. The summed E-state index contributed by atoms with van der Waals surface area (Å²) in [7, 11) is 0. The second-order valence-electron chi connectivity index (χ2n) is 24.4. The van der Waals surface area contributed by atoms with Crippen LogP contribution in [-0.2, 0) is 47.9 Å². The number of rotatable bonds is 16. The quantitative estimate of drug-likeness (QED) is 0.0878. The molecule has 2 aliphatic heterocycles. The molecule has 512 valence electrons. The fourth-order valence-electron chi connectivity index (χ4n) is 11.5. The smallest absolute Gasteiger partial charge is 0.416 e. The molecule has 2 unspecified atom stereocenters. The molecule has 2 atom stereocenters. The van der Waals surface area contributed by atoms with E-state index in [0.717, 1.165) is 72.8 Å². The average molecular weight is 1380 g/mol. The number of carboxylic acids is 2. The zero-order valence-electron chi connectivity index (χ0n) is 51.3. The number of alkyl halides is 6. The van der Waals surface area contributed by atoms with E-state index in [1.165, 1.54) is 12.1 Å². The van der Waals surface area contributed by atoms with Crippen LogP contribution in [0.15, 0.2) is 109 Å². The van der Waals surface area contributed by atoms with Crippen LogP contribution in [-0.4, -0.2) is 77.6 Å². The van der Waals surface area contributed by atoms with Crippen molar-refractivity contribution in [3.05, 3.63) is 224 Å². The van der Waals surface area contributed by atoms with Gasteiger partial charge in [-0.2, -0.15) is 26.3 Å². The van der Waals surface area contributed by atoms with Crippen LogP contribution in [0.1, 0.15) is 106 Å². The van der Waals surface area contributed by atoms with Crippen LogP contribution in [0.2, 0.25) is 0 Å². The summed E-state index contributed by atoms with van der Waals surface area (Å²) < 4.78 is 252. The van der Waals surface area contributed by atoms with Gasteiger partial charge < -0.3 is 38.3 Å². The largest absolute Gasteiger partial charge is 0.478 e. The highest BCUT2D eigenvalue weighted by molar-refractivity contribution is 5.94. The van der Waals surface area contributed by atoms with Crippen molar-refractivity contribution in [3.8, 4) is 34.3 Å². The fraction of sp³-hybridized carbons (Fsp3) is 0.265.